The molecule has 142 valence electrons. The molecule has 0 N–H and O–H groups in total. The molecule has 28 heavy (non-hydrogen) atoms. The number of nitrogens with zero attached hydrogens (tertiary/aromatic N) is 2. The van der Waals surface area contributed by atoms with Crippen LogP contribution in [0.1, 0.15) is 33.0 Å². The number of carbonyl (C=O) groups is 2. The van der Waals surface area contributed by atoms with Gasteiger partial charge in [0.25, 0.3) is 11.8 Å². The van der Waals surface area contributed by atoms with Crippen molar-refractivity contribution in [2.75, 3.05) is 0 Å². The van der Waals surface area contributed by atoms with Crippen molar-refractivity contribution in [3.05, 3.63) is 64.7 Å². The smallest absolute Gasteiger partial charge is 0.271 e. The lowest BCUT2D eigenvalue weighted by molar-refractivity contribution is -0.142. The number of hydrogen-bond donors (Lipinski definition) is 0. The number of halogens is 1. The van der Waals surface area contributed by atoms with Crippen molar-refractivity contribution >= 4 is 17.9 Å². The van der Waals surface area contributed by atoms with E-state index in [-0.39, 0.29) is 23.0 Å². The van der Waals surface area contributed by atoms with E-state index in [1.165, 1.54) is 18.2 Å². The Hall–Kier alpha value is -3.46. The first kappa shape index (κ1) is 19.3. The van der Waals surface area contributed by atoms with Crippen molar-refractivity contribution < 1.29 is 18.4 Å². The molecule has 1 aliphatic heterocycles. The normalized spacial score (nSPS) is 17.2. The largest absolute Gasteiger partial charge is 0.457 e. The van der Waals surface area contributed by atoms with Crippen LogP contribution in [0.3, 0.4) is 0 Å². The van der Waals surface area contributed by atoms with E-state index in [9.17, 15) is 19.2 Å². The van der Waals surface area contributed by atoms with Gasteiger partial charge in [-0.3, -0.25) is 14.5 Å². The molecule has 2 amide bonds. The number of furan rings is 1. The number of imide groups is 1. The molecule has 0 saturated carbocycles. The Morgan fingerprint density at radius 3 is 2.46 bits per heavy atom. The number of rotatable bonds is 4. The fourth-order valence-corrected chi connectivity index (χ4v) is 3.02. The maximum atomic E-state index is 13.1. The van der Waals surface area contributed by atoms with E-state index in [2.05, 4.69) is 0 Å². The minimum atomic E-state index is -0.567. The van der Waals surface area contributed by atoms with E-state index in [0.717, 1.165) is 4.90 Å². The van der Waals surface area contributed by atoms with Gasteiger partial charge in [-0.1, -0.05) is 6.92 Å². The standard InChI is InChI=1S/C22H19FN2O3/c1-4-13(2)25-21(26)18(14(3)19(12-24)22(25)27)11-17-9-10-20(28-17)15-5-7-16(23)8-6-15/h5-11,13H,4H2,1-3H3/b18-11+. The summed E-state index contributed by atoms with van der Waals surface area (Å²) in [6.07, 6.45) is 2.11. The molecule has 2 aromatic rings. The van der Waals surface area contributed by atoms with Crippen molar-refractivity contribution in [3.8, 4) is 17.4 Å². The second-order valence-electron chi connectivity index (χ2n) is 6.62. The van der Waals surface area contributed by atoms with Gasteiger partial charge in [-0.05, 0) is 68.3 Å². The molecule has 0 saturated heterocycles. The number of amides is 2. The Labute approximate surface area is 162 Å². The zero-order chi connectivity index (χ0) is 20.4. The number of carbonyl (C=O) groups excluding carboxylic acids is 2. The topological polar surface area (TPSA) is 74.3 Å². The summed E-state index contributed by atoms with van der Waals surface area (Å²) in [5, 5.41) is 9.40. The number of hydrogen-bond acceptors (Lipinski definition) is 4. The lowest BCUT2D eigenvalue weighted by Crippen LogP contribution is -2.47. The van der Waals surface area contributed by atoms with Crippen LogP contribution in [-0.4, -0.2) is 22.8 Å². The molecule has 6 heteroatoms. The molecule has 5 nitrogen and oxygen atoms in total. The zero-order valence-corrected chi connectivity index (χ0v) is 15.8. The molecule has 0 aliphatic carbocycles. The van der Waals surface area contributed by atoms with Crippen LogP contribution < -0.4 is 0 Å². The SMILES string of the molecule is CCC(C)N1C(=O)C(C#N)=C(C)/C(=C\c2ccc(-c3ccc(F)cc3)o2)C1=O. The Morgan fingerprint density at radius 1 is 1.18 bits per heavy atom. The number of benzene rings is 1. The van der Waals surface area contributed by atoms with E-state index in [4.69, 9.17) is 4.42 Å². The average molecular weight is 378 g/mol. The molecule has 0 bridgehead atoms. The van der Waals surface area contributed by atoms with Crippen molar-refractivity contribution in [1.82, 2.24) is 4.90 Å². The molecule has 1 aromatic carbocycles. The summed E-state index contributed by atoms with van der Waals surface area (Å²) in [7, 11) is 0. The highest BCUT2D eigenvalue weighted by molar-refractivity contribution is 6.19. The molecule has 1 unspecified atom stereocenters. The first-order valence-corrected chi connectivity index (χ1v) is 8.94. The van der Waals surface area contributed by atoms with Crippen molar-refractivity contribution in [2.45, 2.75) is 33.2 Å². The second kappa shape index (κ2) is 7.65. The van der Waals surface area contributed by atoms with Crippen LogP contribution in [0.15, 0.2) is 57.5 Å². The summed E-state index contributed by atoms with van der Waals surface area (Å²) in [6, 6.07) is 10.9. The minimum absolute atomic E-state index is 0.0449. The second-order valence-corrected chi connectivity index (χ2v) is 6.62. The van der Waals surface area contributed by atoms with E-state index in [0.29, 0.717) is 29.1 Å². The third-order valence-electron chi connectivity index (χ3n) is 4.85. The first-order valence-electron chi connectivity index (χ1n) is 8.94. The summed E-state index contributed by atoms with van der Waals surface area (Å²) in [6.45, 7) is 5.22. The molecule has 0 radical (unpaired) electrons. The highest BCUT2D eigenvalue weighted by Crippen LogP contribution is 2.30. The Kier molecular flexibility index (Phi) is 5.27. The van der Waals surface area contributed by atoms with Crippen LogP contribution >= 0.6 is 0 Å². The number of nitriles is 1. The van der Waals surface area contributed by atoms with E-state index >= 15 is 0 Å². The monoisotopic (exact) mass is 378 g/mol. The van der Waals surface area contributed by atoms with Crippen LogP contribution in [0.25, 0.3) is 17.4 Å². The van der Waals surface area contributed by atoms with Gasteiger partial charge in [0.15, 0.2) is 0 Å². The zero-order valence-electron chi connectivity index (χ0n) is 15.8. The van der Waals surface area contributed by atoms with Crippen molar-refractivity contribution in [2.24, 2.45) is 0 Å². The van der Waals surface area contributed by atoms with Crippen LogP contribution in [0.2, 0.25) is 0 Å². The minimum Gasteiger partial charge on any atom is -0.457 e. The molecule has 1 aliphatic rings. The molecule has 1 aromatic heterocycles. The van der Waals surface area contributed by atoms with Gasteiger partial charge in [0, 0.05) is 17.2 Å². The van der Waals surface area contributed by atoms with Gasteiger partial charge < -0.3 is 4.42 Å². The van der Waals surface area contributed by atoms with Crippen LogP contribution in [-0.2, 0) is 9.59 Å². The molecule has 2 heterocycles. The highest BCUT2D eigenvalue weighted by atomic mass is 19.1. The van der Waals surface area contributed by atoms with E-state index in [1.807, 2.05) is 13.0 Å². The predicted molar refractivity (Wildman–Crippen MR) is 102 cm³/mol. The highest BCUT2D eigenvalue weighted by Gasteiger charge is 2.37. The first-order chi connectivity index (χ1) is 13.4. The Morgan fingerprint density at radius 2 is 1.86 bits per heavy atom. The molecular formula is C22H19FN2O3. The van der Waals surface area contributed by atoms with Gasteiger partial charge in [0.2, 0.25) is 0 Å². The third-order valence-corrected chi connectivity index (χ3v) is 4.85. The van der Waals surface area contributed by atoms with Crippen molar-refractivity contribution in [1.29, 1.82) is 5.26 Å². The fraction of sp³-hybridized carbons (Fsp3) is 0.227. The van der Waals surface area contributed by atoms with Gasteiger partial charge in [0.05, 0.1) is 0 Å². The van der Waals surface area contributed by atoms with Crippen LogP contribution in [0, 0.1) is 17.1 Å². The summed E-state index contributed by atoms with van der Waals surface area (Å²) in [5.74, 6) is -0.437. The van der Waals surface area contributed by atoms with Gasteiger partial charge >= 0.3 is 0 Å². The third kappa shape index (κ3) is 3.39. The molecule has 0 fully saturated rings. The predicted octanol–water partition coefficient (Wildman–Crippen LogP) is 4.48. The summed E-state index contributed by atoms with van der Waals surface area (Å²) >= 11 is 0. The van der Waals surface area contributed by atoms with Crippen LogP contribution in [0.4, 0.5) is 4.39 Å². The van der Waals surface area contributed by atoms with Gasteiger partial charge in [-0.2, -0.15) is 5.26 Å². The molecule has 0 spiro atoms. The maximum absolute atomic E-state index is 13.1. The quantitative estimate of drug-likeness (QED) is 0.581. The summed E-state index contributed by atoms with van der Waals surface area (Å²) in [4.78, 5) is 26.6. The summed E-state index contributed by atoms with van der Waals surface area (Å²) < 4.78 is 18.9. The average Bonchev–Trinajstić information content (AvgIpc) is 3.14. The molecule has 1 atom stereocenters. The molecule has 3 rings (SSSR count). The van der Waals surface area contributed by atoms with Crippen LogP contribution in [0.5, 0.6) is 0 Å². The van der Waals surface area contributed by atoms with Gasteiger partial charge in [-0.15, -0.1) is 0 Å². The van der Waals surface area contributed by atoms with Gasteiger partial charge in [0.1, 0.15) is 29.0 Å². The van der Waals surface area contributed by atoms with Gasteiger partial charge in [-0.25, -0.2) is 4.39 Å². The lowest BCUT2D eigenvalue weighted by atomic mass is 9.93. The van der Waals surface area contributed by atoms with Crippen molar-refractivity contribution in [3.63, 3.8) is 0 Å². The Bertz CT molecular complexity index is 1040. The maximum Gasteiger partial charge on any atom is 0.271 e. The summed E-state index contributed by atoms with van der Waals surface area (Å²) in [5.41, 5.74) is 1.23. The molecular weight excluding hydrogens is 359 g/mol. The fourth-order valence-electron chi connectivity index (χ4n) is 3.02. The van der Waals surface area contributed by atoms with E-state index < -0.39 is 11.8 Å². The van der Waals surface area contributed by atoms with E-state index in [1.54, 1.807) is 38.1 Å². The lowest BCUT2D eigenvalue weighted by Gasteiger charge is -2.31. The Balaban J connectivity index is 2.04.